The number of carbonyl (C=O) groups is 2. The molecule has 0 aliphatic heterocycles. The molecular weight excluding hydrogens is 261 g/mol. The lowest BCUT2D eigenvalue weighted by Crippen LogP contribution is -2.41. The molecule has 0 aliphatic carbocycles. The Labute approximate surface area is 117 Å². The lowest BCUT2D eigenvalue weighted by atomic mass is 10.1. The van der Waals surface area contributed by atoms with Gasteiger partial charge in [-0.15, -0.1) is 12.3 Å². The van der Waals surface area contributed by atoms with Gasteiger partial charge in [0.1, 0.15) is 11.9 Å². The third-order valence-corrected chi connectivity index (χ3v) is 2.72. The van der Waals surface area contributed by atoms with E-state index in [0.717, 1.165) is 0 Å². The summed E-state index contributed by atoms with van der Waals surface area (Å²) >= 11 is 0. The summed E-state index contributed by atoms with van der Waals surface area (Å²) in [4.78, 5) is 23.5. The predicted molar refractivity (Wildman–Crippen MR) is 72.4 cm³/mol. The summed E-state index contributed by atoms with van der Waals surface area (Å²) in [7, 11) is 1.23. The molecule has 0 spiro atoms. The number of nitrogens with one attached hydrogen (secondary N) is 1. The first-order chi connectivity index (χ1) is 9.60. The Morgan fingerprint density at radius 3 is 2.75 bits per heavy atom. The van der Waals surface area contributed by atoms with Gasteiger partial charge in [0.25, 0.3) is 5.91 Å². The molecule has 106 valence electrons. The van der Waals surface area contributed by atoms with Crippen molar-refractivity contribution >= 4 is 11.9 Å². The Morgan fingerprint density at radius 2 is 2.15 bits per heavy atom. The van der Waals surface area contributed by atoms with Crippen molar-refractivity contribution in [2.75, 3.05) is 7.11 Å². The second-order valence-corrected chi connectivity index (χ2v) is 4.13. The molecule has 1 atom stereocenters. The number of methoxy groups -OCH3 is 1. The SMILES string of the molecule is C#CCCC[C@H](NC(=O)c1ccccc1F)C(=O)OC. The molecule has 0 saturated carbocycles. The second kappa shape index (κ2) is 7.95. The molecule has 1 N–H and O–H groups in total. The number of amides is 1. The van der Waals surface area contributed by atoms with E-state index in [1.165, 1.54) is 25.3 Å². The number of unbranched alkanes of at least 4 members (excludes halogenated alkanes) is 1. The number of carbonyl (C=O) groups excluding carboxylic acids is 2. The third kappa shape index (κ3) is 4.39. The molecule has 0 aromatic heterocycles. The number of hydrogen-bond donors (Lipinski definition) is 1. The quantitative estimate of drug-likeness (QED) is 0.491. The van der Waals surface area contributed by atoms with E-state index in [1.807, 2.05) is 0 Å². The lowest BCUT2D eigenvalue weighted by molar-refractivity contribution is -0.143. The number of ether oxygens (including phenoxy) is 1. The average molecular weight is 277 g/mol. The Morgan fingerprint density at radius 1 is 1.45 bits per heavy atom. The van der Waals surface area contributed by atoms with Crippen LogP contribution in [0.1, 0.15) is 29.6 Å². The van der Waals surface area contributed by atoms with Gasteiger partial charge in [0.05, 0.1) is 12.7 Å². The molecule has 1 rings (SSSR count). The number of esters is 1. The number of halogens is 1. The molecule has 0 fully saturated rings. The Kier molecular flexibility index (Phi) is 6.24. The summed E-state index contributed by atoms with van der Waals surface area (Å²) in [5.74, 6) is 0.577. The summed E-state index contributed by atoms with van der Waals surface area (Å²) in [6, 6.07) is 4.72. The van der Waals surface area contributed by atoms with Gasteiger partial charge in [-0.2, -0.15) is 0 Å². The maximum Gasteiger partial charge on any atom is 0.328 e. The molecule has 0 unspecified atom stereocenters. The van der Waals surface area contributed by atoms with E-state index in [9.17, 15) is 14.0 Å². The zero-order chi connectivity index (χ0) is 15.0. The smallest absolute Gasteiger partial charge is 0.328 e. The fourth-order valence-corrected chi connectivity index (χ4v) is 1.68. The van der Waals surface area contributed by atoms with Crippen LogP contribution in [0.2, 0.25) is 0 Å². The lowest BCUT2D eigenvalue weighted by Gasteiger charge is -2.16. The van der Waals surface area contributed by atoms with Gasteiger partial charge in [0.15, 0.2) is 0 Å². The fraction of sp³-hybridized carbons (Fsp3) is 0.333. The largest absolute Gasteiger partial charge is 0.467 e. The van der Waals surface area contributed by atoms with E-state index >= 15 is 0 Å². The molecule has 1 aromatic rings. The van der Waals surface area contributed by atoms with Gasteiger partial charge in [-0.1, -0.05) is 12.1 Å². The molecule has 20 heavy (non-hydrogen) atoms. The first-order valence-electron chi connectivity index (χ1n) is 6.16. The van der Waals surface area contributed by atoms with Crippen molar-refractivity contribution in [3.63, 3.8) is 0 Å². The summed E-state index contributed by atoms with van der Waals surface area (Å²) in [6.45, 7) is 0. The number of terminal acetylenes is 1. The van der Waals surface area contributed by atoms with E-state index in [4.69, 9.17) is 6.42 Å². The molecule has 5 heteroatoms. The maximum atomic E-state index is 13.5. The van der Waals surface area contributed by atoms with Crippen LogP contribution in [-0.2, 0) is 9.53 Å². The molecule has 1 aromatic carbocycles. The number of hydrogen-bond acceptors (Lipinski definition) is 3. The molecule has 0 radical (unpaired) electrons. The van der Waals surface area contributed by atoms with Crippen LogP contribution in [0.15, 0.2) is 24.3 Å². The highest BCUT2D eigenvalue weighted by molar-refractivity contribution is 5.96. The fourth-order valence-electron chi connectivity index (χ4n) is 1.68. The molecule has 1 amide bonds. The van der Waals surface area contributed by atoms with Crippen LogP contribution in [0.4, 0.5) is 4.39 Å². The van der Waals surface area contributed by atoms with Gasteiger partial charge in [0, 0.05) is 6.42 Å². The van der Waals surface area contributed by atoms with Crippen LogP contribution in [0, 0.1) is 18.2 Å². The molecule has 4 nitrogen and oxygen atoms in total. The average Bonchev–Trinajstić information content (AvgIpc) is 2.45. The summed E-state index contributed by atoms with van der Waals surface area (Å²) in [5.41, 5.74) is -0.113. The Balaban J connectivity index is 2.74. The summed E-state index contributed by atoms with van der Waals surface area (Å²) < 4.78 is 18.1. The van der Waals surface area contributed by atoms with Gasteiger partial charge in [-0.3, -0.25) is 4.79 Å². The highest BCUT2D eigenvalue weighted by atomic mass is 19.1. The van der Waals surface area contributed by atoms with Gasteiger partial charge in [0.2, 0.25) is 0 Å². The van der Waals surface area contributed by atoms with E-state index in [0.29, 0.717) is 19.3 Å². The van der Waals surface area contributed by atoms with Crippen LogP contribution in [0.25, 0.3) is 0 Å². The topological polar surface area (TPSA) is 55.4 Å². The van der Waals surface area contributed by atoms with Crippen molar-refractivity contribution in [2.45, 2.75) is 25.3 Å². The Hall–Kier alpha value is -2.35. The molecule has 0 bridgehead atoms. The minimum absolute atomic E-state index is 0.113. The van der Waals surface area contributed by atoms with Crippen molar-refractivity contribution in [3.05, 3.63) is 35.6 Å². The van der Waals surface area contributed by atoms with Gasteiger partial charge in [-0.05, 0) is 25.0 Å². The first-order valence-corrected chi connectivity index (χ1v) is 6.16. The minimum atomic E-state index is -0.833. The van der Waals surface area contributed by atoms with Gasteiger partial charge >= 0.3 is 5.97 Å². The molecule has 0 aliphatic rings. The Bertz CT molecular complexity index is 522. The first kappa shape index (κ1) is 15.7. The van der Waals surface area contributed by atoms with Crippen LogP contribution < -0.4 is 5.32 Å². The van der Waals surface area contributed by atoms with Crippen molar-refractivity contribution in [1.82, 2.24) is 5.32 Å². The number of rotatable bonds is 6. The van der Waals surface area contributed by atoms with E-state index in [2.05, 4.69) is 16.0 Å². The van der Waals surface area contributed by atoms with Crippen molar-refractivity contribution in [2.24, 2.45) is 0 Å². The van der Waals surface area contributed by atoms with Crippen molar-refractivity contribution < 1.29 is 18.7 Å². The molecular formula is C15H16FNO3. The van der Waals surface area contributed by atoms with Crippen LogP contribution in [-0.4, -0.2) is 25.0 Å². The summed E-state index contributed by atoms with van der Waals surface area (Å²) in [6.07, 6.45) is 6.53. The van der Waals surface area contributed by atoms with E-state index < -0.39 is 23.7 Å². The molecule has 0 saturated heterocycles. The van der Waals surface area contributed by atoms with Crippen LogP contribution >= 0.6 is 0 Å². The normalized spacial score (nSPS) is 11.2. The van der Waals surface area contributed by atoms with Gasteiger partial charge in [-0.25, -0.2) is 9.18 Å². The second-order valence-electron chi connectivity index (χ2n) is 4.13. The van der Waals surface area contributed by atoms with E-state index in [1.54, 1.807) is 6.07 Å². The minimum Gasteiger partial charge on any atom is -0.467 e. The van der Waals surface area contributed by atoms with Crippen LogP contribution in [0.3, 0.4) is 0 Å². The number of benzene rings is 1. The standard InChI is InChI=1S/C15H16FNO3/c1-3-4-5-10-13(15(19)20-2)17-14(18)11-8-6-7-9-12(11)16/h1,6-9,13H,4-5,10H2,2H3,(H,17,18)/t13-/m0/s1. The third-order valence-electron chi connectivity index (χ3n) is 2.72. The maximum absolute atomic E-state index is 13.5. The van der Waals surface area contributed by atoms with E-state index in [-0.39, 0.29) is 5.56 Å². The summed E-state index contributed by atoms with van der Waals surface area (Å²) in [5, 5.41) is 2.46. The zero-order valence-electron chi connectivity index (χ0n) is 11.2. The van der Waals surface area contributed by atoms with Gasteiger partial charge < -0.3 is 10.1 Å². The van der Waals surface area contributed by atoms with Crippen molar-refractivity contribution in [3.8, 4) is 12.3 Å². The highest BCUT2D eigenvalue weighted by Crippen LogP contribution is 2.08. The highest BCUT2D eigenvalue weighted by Gasteiger charge is 2.22. The van der Waals surface area contributed by atoms with Crippen LogP contribution in [0.5, 0.6) is 0 Å². The molecule has 0 heterocycles. The predicted octanol–water partition coefficient (Wildman–Crippen LogP) is 1.90. The zero-order valence-corrected chi connectivity index (χ0v) is 11.2. The monoisotopic (exact) mass is 277 g/mol. The van der Waals surface area contributed by atoms with Crippen molar-refractivity contribution in [1.29, 1.82) is 0 Å².